The summed E-state index contributed by atoms with van der Waals surface area (Å²) in [6.45, 7) is 0. The Balaban J connectivity index is 1.78. The van der Waals surface area contributed by atoms with Crippen LogP contribution in [0.3, 0.4) is 0 Å². The molecule has 0 aliphatic heterocycles. The normalized spacial score (nSPS) is 10.3. The minimum absolute atomic E-state index is 0.117. The first-order valence-corrected chi connectivity index (χ1v) is 7.55. The molecule has 0 saturated carbocycles. The molecule has 0 spiro atoms. The molecular formula is C15H13ClFNOS. The van der Waals surface area contributed by atoms with Crippen LogP contribution in [0, 0.1) is 5.82 Å². The Morgan fingerprint density at radius 2 is 1.85 bits per heavy atom. The van der Waals surface area contributed by atoms with Crippen LogP contribution in [0.5, 0.6) is 0 Å². The Morgan fingerprint density at radius 3 is 2.55 bits per heavy atom. The second-order valence-electron chi connectivity index (χ2n) is 4.14. The summed E-state index contributed by atoms with van der Waals surface area (Å²) >= 11 is 7.52. The Labute approximate surface area is 126 Å². The minimum Gasteiger partial charge on any atom is -0.325 e. The number of rotatable bonds is 5. The van der Waals surface area contributed by atoms with E-state index in [2.05, 4.69) is 5.32 Å². The zero-order chi connectivity index (χ0) is 14.4. The van der Waals surface area contributed by atoms with Gasteiger partial charge in [-0.2, -0.15) is 0 Å². The first kappa shape index (κ1) is 14.9. The van der Waals surface area contributed by atoms with Crippen LogP contribution >= 0.6 is 23.4 Å². The van der Waals surface area contributed by atoms with Gasteiger partial charge in [-0.15, -0.1) is 11.8 Å². The summed E-state index contributed by atoms with van der Waals surface area (Å²) in [6.07, 6.45) is 0. The Kier molecular flexibility index (Phi) is 5.44. The van der Waals surface area contributed by atoms with Crippen LogP contribution < -0.4 is 5.32 Å². The number of benzene rings is 2. The molecule has 0 unspecified atom stereocenters. The average molecular weight is 310 g/mol. The van der Waals surface area contributed by atoms with Gasteiger partial charge in [-0.3, -0.25) is 4.79 Å². The Bertz CT molecular complexity index is 589. The molecule has 0 bridgehead atoms. The molecule has 104 valence electrons. The van der Waals surface area contributed by atoms with E-state index < -0.39 is 0 Å². The van der Waals surface area contributed by atoms with E-state index in [0.29, 0.717) is 22.2 Å². The lowest BCUT2D eigenvalue weighted by Gasteiger charge is -2.06. The van der Waals surface area contributed by atoms with Crippen molar-refractivity contribution in [1.29, 1.82) is 0 Å². The van der Waals surface area contributed by atoms with Gasteiger partial charge < -0.3 is 5.32 Å². The third-order valence-corrected chi connectivity index (χ3v) is 3.93. The van der Waals surface area contributed by atoms with E-state index in [1.54, 1.807) is 0 Å². The van der Waals surface area contributed by atoms with E-state index >= 15 is 0 Å². The van der Waals surface area contributed by atoms with Gasteiger partial charge in [0.15, 0.2) is 0 Å². The van der Waals surface area contributed by atoms with Crippen LogP contribution in [0.25, 0.3) is 0 Å². The number of halogens is 2. The number of hydrogen-bond acceptors (Lipinski definition) is 2. The monoisotopic (exact) mass is 309 g/mol. The SMILES string of the molecule is O=C(CSCc1ccccc1Cl)Nc1ccc(F)cc1. The molecule has 0 heterocycles. The lowest BCUT2D eigenvalue weighted by molar-refractivity contribution is -0.113. The molecule has 20 heavy (non-hydrogen) atoms. The molecular weight excluding hydrogens is 297 g/mol. The summed E-state index contributed by atoms with van der Waals surface area (Å²) in [5, 5.41) is 3.42. The maximum Gasteiger partial charge on any atom is 0.234 e. The molecule has 1 amide bonds. The van der Waals surface area contributed by atoms with E-state index in [1.807, 2.05) is 24.3 Å². The predicted molar refractivity (Wildman–Crippen MR) is 82.6 cm³/mol. The fourth-order valence-corrected chi connectivity index (χ4v) is 2.71. The van der Waals surface area contributed by atoms with E-state index in [0.717, 1.165) is 5.56 Å². The van der Waals surface area contributed by atoms with Crippen molar-refractivity contribution < 1.29 is 9.18 Å². The van der Waals surface area contributed by atoms with Crippen molar-refractivity contribution >= 4 is 35.0 Å². The smallest absolute Gasteiger partial charge is 0.234 e. The number of anilines is 1. The van der Waals surface area contributed by atoms with Gasteiger partial charge in [-0.25, -0.2) is 4.39 Å². The molecule has 0 aliphatic carbocycles. The van der Waals surface area contributed by atoms with Crippen LogP contribution in [0.15, 0.2) is 48.5 Å². The zero-order valence-electron chi connectivity index (χ0n) is 10.6. The maximum absolute atomic E-state index is 12.7. The molecule has 0 fully saturated rings. The van der Waals surface area contributed by atoms with Crippen LogP contribution in [-0.4, -0.2) is 11.7 Å². The fourth-order valence-electron chi connectivity index (χ4n) is 1.60. The second-order valence-corrected chi connectivity index (χ2v) is 5.53. The lowest BCUT2D eigenvalue weighted by Crippen LogP contribution is -2.14. The molecule has 0 radical (unpaired) electrons. The average Bonchev–Trinajstić information content (AvgIpc) is 2.43. The Morgan fingerprint density at radius 1 is 1.15 bits per heavy atom. The topological polar surface area (TPSA) is 29.1 Å². The molecule has 0 aliphatic rings. The highest BCUT2D eigenvalue weighted by Gasteiger charge is 2.04. The second kappa shape index (κ2) is 7.31. The van der Waals surface area contributed by atoms with Gasteiger partial charge in [0.05, 0.1) is 5.75 Å². The highest BCUT2D eigenvalue weighted by atomic mass is 35.5. The molecule has 1 N–H and O–H groups in total. The quantitative estimate of drug-likeness (QED) is 0.889. The van der Waals surface area contributed by atoms with Gasteiger partial charge >= 0.3 is 0 Å². The molecule has 0 atom stereocenters. The fraction of sp³-hybridized carbons (Fsp3) is 0.133. The largest absolute Gasteiger partial charge is 0.325 e. The number of amides is 1. The van der Waals surface area contributed by atoms with Crippen LogP contribution in [0.2, 0.25) is 5.02 Å². The minimum atomic E-state index is -0.323. The molecule has 2 nitrogen and oxygen atoms in total. The molecule has 0 saturated heterocycles. The molecule has 2 aromatic rings. The standard InChI is InChI=1S/C15H13ClFNOS/c16-14-4-2-1-3-11(14)9-20-10-15(19)18-13-7-5-12(17)6-8-13/h1-8H,9-10H2,(H,18,19). The summed E-state index contributed by atoms with van der Waals surface area (Å²) in [6, 6.07) is 13.2. The molecule has 2 rings (SSSR count). The van der Waals surface area contributed by atoms with Gasteiger partial charge in [0.25, 0.3) is 0 Å². The van der Waals surface area contributed by atoms with E-state index in [-0.39, 0.29) is 11.7 Å². The van der Waals surface area contributed by atoms with Gasteiger partial charge in [0.1, 0.15) is 5.82 Å². The maximum atomic E-state index is 12.7. The molecule has 0 aromatic heterocycles. The van der Waals surface area contributed by atoms with Crippen molar-refractivity contribution in [2.24, 2.45) is 0 Å². The molecule has 5 heteroatoms. The van der Waals surface area contributed by atoms with E-state index in [9.17, 15) is 9.18 Å². The Hall–Kier alpha value is -1.52. The highest BCUT2D eigenvalue weighted by Crippen LogP contribution is 2.20. The number of carbonyl (C=O) groups is 1. The molecule has 2 aromatic carbocycles. The van der Waals surface area contributed by atoms with Gasteiger partial charge in [0, 0.05) is 16.5 Å². The summed E-state index contributed by atoms with van der Waals surface area (Å²) < 4.78 is 12.7. The van der Waals surface area contributed by atoms with Crippen molar-refractivity contribution in [3.8, 4) is 0 Å². The predicted octanol–water partition coefficient (Wildman–Crippen LogP) is 4.35. The third-order valence-electron chi connectivity index (χ3n) is 2.58. The van der Waals surface area contributed by atoms with E-state index in [4.69, 9.17) is 11.6 Å². The van der Waals surface area contributed by atoms with Crippen LogP contribution in [0.4, 0.5) is 10.1 Å². The van der Waals surface area contributed by atoms with E-state index in [1.165, 1.54) is 36.0 Å². The number of nitrogens with one attached hydrogen (secondary N) is 1. The summed E-state index contributed by atoms with van der Waals surface area (Å²) in [4.78, 5) is 11.7. The van der Waals surface area contributed by atoms with Gasteiger partial charge in [0.2, 0.25) is 5.91 Å². The summed E-state index contributed by atoms with van der Waals surface area (Å²) in [5.41, 5.74) is 1.60. The highest BCUT2D eigenvalue weighted by molar-refractivity contribution is 7.99. The number of carbonyl (C=O) groups excluding carboxylic acids is 1. The van der Waals surface area contributed by atoms with Crippen molar-refractivity contribution in [3.63, 3.8) is 0 Å². The third kappa shape index (κ3) is 4.54. The van der Waals surface area contributed by atoms with Gasteiger partial charge in [-0.1, -0.05) is 29.8 Å². The van der Waals surface area contributed by atoms with Crippen molar-refractivity contribution in [2.45, 2.75) is 5.75 Å². The summed E-state index contributed by atoms with van der Waals surface area (Å²) in [5.74, 6) is 0.559. The van der Waals surface area contributed by atoms with Crippen molar-refractivity contribution in [1.82, 2.24) is 0 Å². The zero-order valence-corrected chi connectivity index (χ0v) is 12.2. The number of thioether (sulfide) groups is 1. The first-order valence-electron chi connectivity index (χ1n) is 6.02. The van der Waals surface area contributed by atoms with Crippen LogP contribution in [0.1, 0.15) is 5.56 Å². The van der Waals surface area contributed by atoms with Crippen molar-refractivity contribution in [2.75, 3.05) is 11.1 Å². The van der Waals surface area contributed by atoms with Crippen molar-refractivity contribution in [3.05, 3.63) is 64.9 Å². The van der Waals surface area contributed by atoms with Crippen LogP contribution in [-0.2, 0) is 10.5 Å². The van der Waals surface area contributed by atoms with Gasteiger partial charge in [-0.05, 0) is 35.9 Å². The lowest BCUT2D eigenvalue weighted by atomic mass is 10.2. The summed E-state index contributed by atoms with van der Waals surface area (Å²) in [7, 11) is 0. The number of hydrogen-bond donors (Lipinski definition) is 1. The first-order chi connectivity index (χ1) is 9.65.